The molecule has 0 spiro atoms. The number of nitrogens with zero attached hydrogens (tertiary/aromatic N) is 3. The third-order valence-corrected chi connectivity index (χ3v) is 5.00. The van der Waals surface area contributed by atoms with Crippen LogP contribution in [0.1, 0.15) is 32.0 Å². The first-order valence-electron chi connectivity index (χ1n) is 10.7. The lowest BCUT2D eigenvalue weighted by molar-refractivity contribution is 0.302. The minimum absolute atomic E-state index is 0. The van der Waals surface area contributed by atoms with Crippen LogP contribution >= 0.6 is 24.0 Å². The molecule has 0 saturated carbocycles. The van der Waals surface area contributed by atoms with Crippen LogP contribution in [0.3, 0.4) is 0 Å². The molecule has 0 fully saturated rings. The molecular weight excluding hydrogens is 483 g/mol. The molecule has 6 nitrogen and oxygen atoms in total. The molecule has 0 aliphatic carbocycles. The van der Waals surface area contributed by atoms with Crippen LogP contribution in [-0.2, 0) is 6.61 Å². The second kappa shape index (κ2) is 11.2. The maximum absolute atomic E-state index is 12.4. The van der Waals surface area contributed by atoms with E-state index in [1.807, 2.05) is 42.5 Å². The SMILES string of the molecule is CC(C)(C)C#Cc1ccc(-c2nc(-c3c(Cl)cccc3OCc3ccccn3)[nH]c(=O)n2)cc1.Cl. The van der Waals surface area contributed by atoms with Crippen molar-refractivity contribution in [3.8, 4) is 40.4 Å². The number of hydrogen-bond acceptors (Lipinski definition) is 5. The van der Waals surface area contributed by atoms with Crippen LogP contribution in [0.15, 0.2) is 71.7 Å². The number of aromatic nitrogens is 4. The molecule has 0 amide bonds. The third kappa shape index (κ3) is 6.92. The van der Waals surface area contributed by atoms with Crippen molar-refractivity contribution in [3.63, 3.8) is 0 Å². The van der Waals surface area contributed by atoms with Crippen molar-refractivity contribution < 1.29 is 4.74 Å². The number of benzene rings is 2. The van der Waals surface area contributed by atoms with E-state index in [2.05, 4.69) is 52.5 Å². The number of hydrogen-bond donors (Lipinski definition) is 1. The van der Waals surface area contributed by atoms with Gasteiger partial charge in [0, 0.05) is 22.7 Å². The number of nitrogens with one attached hydrogen (secondary N) is 1. The van der Waals surface area contributed by atoms with Crippen molar-refractivity contribution in [2.24, 2.45) is 5.41 Å². The molecule has 178 valence electrons. The van der Waals surface area contributed by atoms with Gasteiger partial charge in [-0.3, -0.25) is 9.97 Å². The summed E-state index contributed by atoms with van der Waals surface area (Å²) in [4.78, 5) is 28.0. The van der Waals surface area contributed by atoms with E-state index in [-0.39, 0.29) is 36.1 Å². The highest BCUT2D eigenvalue weighted by molar-refractivity contribution is 6.33. The summed E-state index contributed by atoms with van der Waals surface area (Å²) in [6.07, 6.45) is 1.70. The molecule has 4 aromatic rings. The van der Waals surface area contributed by atoms with E-state index in [1.54, 1.807) is 24.4 Å². The molecule has 0 saturated heterocycles. The minimum Gasteiger partial charge on any atom is -0.486 e. The van der Waals surface area contributed by atoms with E-state index in [0.29, 0.717) is 21.9 Å². The lowest BCUT2D eigenvalue weighted by Crippen LogP contribution is -2.15. The number of aromatic amines is 1. The van der Waals surface area contributed by atoms with Crippen LogP contribution in [0.2, 0.25) is 5.02 Å². The smallest absolute Gasteiger partial charge is 0.348 e. The summed E-state index contributed by atoms with van der Waals surface area (Å²) in [6.45, 7) is 6.42. The quantitative estimate of drug-likeness (QED) is 0.338. The first-order chi connectivity index (χ1) is 16.3. The van der Waals surface area contributed by atoms with Crippen LogP contribution in [0.5, 0.6) is 5.75 Å². The van der Waals surface area contributed by atoms with Gasteiger partial charge in [0.15, 0.2) is 5.82 Å². The molecule has 0 aliphatic rings. The zero-order chi connectivity index (χ0) is 24.1. The summed E-state index contributed by atoms with van der Waals surface area (Å²) in [7, 11) is 0. The standard InChI is InChI=1S/C27H23ClN4O2.ClH/c1-27(2,3)15-14-18-10-12-19(13-11-18)24-30-25(32-26(33)31-24)23-21(28)8-6-9-22(23)34-17-20-7-4-5-16-29-20;/h4-13,16H,17H2,1-3H3,(H,30,31,32,33);1H. The lowest BCUT2D eigenvalue weighted by atomic mass is 9.97. The predicted octanol–water partition coefficient (Wildman–Crippen LogP) is 5.95. The van der Waals surface area contributed by atoms with Crippen LogP contribution in [-0.4, -0.2) is 19.9 Å². The topological polar surface area (TPSA) is 80.8 Å². The maximum Gasteiger partial charge on any atom is 0.348 e. The molecule has 8 heteroatoms. The van der Waals surface area contributed by atoms with E-state index in [9.17, 15) is 4.79 Å². The van der Waals surface area contributed by atoms with Crippen molar-refractivity contribution in [1.29, 1.82) is 0 Å². The van der Waals surface area contributed by atoms with E-state index in [0.717, 1.165) is 11.3 Å². The fourth-order valence-corrected chi connectivity index (χ4v) is 3.34. The normalized spacial score (nSPS) is 10.6. The summed E-state index contributed by atoms with van der Waals surface area (Å²) in [5.74, 6) is 7.39. The van der Waals surface area contributed by atoms with Gasteiger partial charge >= 0.3 is 5.69 Å². The van der Waals surface area contributed by atoms with E-state index >= 15 is 0 Å². The highest BCUT2D eigenvalue weighted by atomic mass is 35.5. The summed E-state index contributed by atoms with van der Waals surface area (Å²) in [6, 6.07) is 18.3. The Bertz CT molecular complexity index is 1420. The van der Waals surface area contributed by atoms with Gasteiger partial charge in [-0.1, -0.05) is 35.6 Å². The largest absolute Gasteiger partial charge is 0.486 e. The molecule has 2 aromatic heterocycles. The highest BCUT2D eigenvalue weighted by Crippen LogP contribution is 2.35. The molecule has 0 unspecified atom stereocenters. The first-order valence-corrected chi connectivity index (χ1v) is 11.1. The number of H-pyrrole nitrogens is 1. The number of halogens is 2. The second-order valence-corrected chi connectivity index (χ2v) is 9.03. The van der Waals surface area contributed by atoms with Gasteiger partial charge in [-0.2, -0.15) is 4.98 Å². The minimum atomic E-state index is -0.535. The lowest BCUT2D eigenvalue weighted by Gasteiger charge is -2.13. The van der Waals surface area contributed by atoms with Gasteiger partial charge in [0.1, 0.15) is 18.2 Å². The van der Waals surface area contributed by atoms with Gasteiger partial charge in [-0.15, -0.1) is 12.4 Å². The Balaban J connectivity index is 0.00000342. The molecule has 1 N–H and O–H groups in total. The zero-order valence-corrected chi connectivity index (χ0v) is 21.1. The fourth-order valence-electron chi connectivity index (χ4n) is 3.08. The fraction of sp³-hybridized carbons (Fsp3) is 0.185. The van der Waals surface area contributed by atoms with Crippen molar-refractivity contribution in [2.75, 3.05) is 0 Å². The van der Waals surface area contributed by atoms with Crippen molar-refractivity contribution in [1.82, 2.24) is 19.9 Å². The van der Waals surface area contributed by atoms with Crippen molar-refractivity contribution >= 4 is 24.0 Å². The van der Waals surface area contributed by atoms with E-state index < -0.39 is 5.69 Å². The molecule has 0 bridgehead atoms. The number of ether oxygens (including phenoxy) is 1. The maximum atomic E-state index is 12.4. The van der Waals surface area contributed by atoms with Gasteiger partial charge in [0.2, 0.25) is 0 Å². The molecule has 2 heterocycles. The van der Waals surface area contributed by atoms with Crippen molar-refractivity contribution in [3.05, 3.63) is 93.6 Å². The summed E-state index contributed by atoms with van der Waals surface area (Å²) < 4.78 is 5.97. The summed E-state index contributed by atoms with van der Waals surface area (Å²) in [5.41, 5.74) is 2.19. The van der Waals surface area contributed by atoms with E-state index in [1.165, 1.54) is 0 Å². The Morgan fingerprint density at radius 1 is 1.00 bits per heavy atom. The van der Waals surface area contributed by atoms with Gasteiger partial charge in [0.05, 0.1) is 16.3 Å². The Morgan fingerprint density at radius 3 is 2.46 bits per heavy atom. The number of pyridine rings is 1. The Kier molecular flexibility index (Phi) is 8.29. The molecule has 0 radical (unpaired) electrons. The average molecular weight is 507 g/mol. The molecule has 35 heavy (non-hydrogen) atoms. The average Bonchev–Trinajstić information content (AvgIpc) is 2.81. The molecular formula is C27H24Cl2N4O2. The van der Waals surface area contributed by atoms with Gasteiger partial charge in [-0.25, -0.2) is 9.78 Å². The molecule has 2 aromatic carbocycles. The van der Waals surface area contributed by atoms with Crippen molar-refractivity contribution in [2.45, 2.75) is 27.4 Å². The summed E-state index contributed by atoms with van der Waals surface area (Å²) >= 11 is 6.50. The van der Waals surface area contributed by atoms with Crippen LogP contribution in [0.25, 0.3) is 22.8 Å². The first kappa shape index (κ1) is 26.0. The van der Waals surface area contributed by atoms with Gasteiger partial charge < -0.3 is 4.74 Å². The summed E-state index contributed by atoms with van der Waals surface area (Å²) in [5, 5.41) is 0.395. The van der Waals surface area contributed by atoms with Crippen LogP contribution in [0, 0.1) is 17.3 Å². The van der Waals surface area contributed by atoms with Gasteiger partial charge in [0.25, 0.3) is 0 Å². The number of rotatable bonds is 5. The molecule has 0 aliphatic heterocycles. The Labute approximate surface area is 215 Å². The Morgan fingerprint density at radius 2 is 1.77 bits per heavy atom. The molecule has 0 atom stereocenters. The monoisotopic (exact) mass is 506 g/mol. The molecule has 4 rings (SSSR count). The van der Waals surface area contributed by atoms with Gasteiger partial charge in [-0.05, 0) is 69.3 Å². The highest BCUT2D eigenvalue weighted by Gasteiger charge is 2.16. The zero-order valence-electron chi connectivity index (χ0n) is 19.5. The Hall–Kier alpha value is -3.66. The predicted molar refractivity (Wildman–Crippen MR) is 141 cm³/mol. The third-order valence-electron chi connectivity index (χ3n) is 4.69. The van der Waals surface area contributed by atoms with Crippen LogP contribution in [0.4, 0.5) is 0 Å². The second-order valence-electron chi connectivity index (χ2n) is 8.63. The van der Waals surface area contributed by atoms with E-state index in [4.69, 9.17) is 16.3 Å². The van der Waals surface area contributed by atoms with Crippen LogP contribution < -0.4 is 10.4 Å².